The van der Waals surface area contributed by atoms with Gasteiger partial charge in [-0.2, -0.15) is 0 Å². The third kappa shape index (κ3) is 8.22. The van der Waals surface area contributed by atoms with E-state index in [1.807, 2.05) is 43.3 Å². The number of pyridine rings is 1. The molecular weight excluding hydrogens is 430 g/mol. The van der Waals surface area contributed by atoms with E-state index in [0.29, 0.717) is 36.7 Å². The van der Waals surface area contributed by atoms with Crippen LogP contribution in [0.5, 0.6) is 5.75 Å². The van der Waals surface area contributed by atoms with E-state index in [-0.39, 0.29) is 5.91 Å². The zero-order valence-electron chi connectivity index (χ0n) is 19.3. The number of nitrogens with zero attached hydrogens (tertiary/aromatic N) is 1. The molecule has 3 aromatic rings. The number of carbonyl (C=O) groups is 2. The van der Waals surface area contributed by atoms with Crippen LogP contribution in [-0.2, 0) is 11.4 Å². The van der Waals surface area contributed by atoms with Gasteiger partial charge in [-0.15, -0.1) is 0 Å². The Bertz CT molecular complexity index is 1040. The minimum atomic E-state index is -0.684. The number of nitrogens with two attached hydrogens (primary N) is 1. The van der Waals surface area contributed by atoms with Gasteiger partial charge >= 0.3 is 6.03 Å². The Hall–Kier alpha value is -3.91. The Kier molecular flexibility index (Phi) is 9.42. The molecule has 0 aliphatic carbocycles. The topological polar surface area (TPSA) is 118 Å². The second kappa shape index (κ2) is 13.0. The summed E-state index contributed by atoms with van der Waals surface area (Å²) in [5, 5.41) is 8.42. The highest BCUT2D eigenvalue weighted by Gasteiger charge is 2.20. The predicted molar refractivity (Wildman–Crippen MR) is 134 cm³/mol. The van der Waals surface area contributed by atoms with E-state index < -0.39 is 12.1 Å². The molecule has 0 unspecified atom stereocenters. The summed E-state index contributed by atoms with van der Waals surface area (Å²) in [7, 11) is 0. The van der Waals surface area contributed by atoms with Gasteiger partial charge in [0.1, 0.15) is 18.4 Å². The third-order valence-electron chi connectivity index (χ3n) is 5.15. The molecule has 0 fully saturated rings. The van der Waals surface area contributed by atoms with Gasteiger partial charge in [0.05, 0.1) is 0 Å². The molecule has 2 aromatic carbocycles. The zero-order chi connectivity index (χ0) is 24.2. The lowest BCUT2D eigenvalue weighted by atomic mass is 10.1. The van der Waals surface area contributed by atoms with Crippen LogP contribution in [0, 0.1) is 6.92 Å². The Balaban J connectivity index is 1.54. The van der Waals surface area contributed by atoms with Crippen LogP contribution < -0.4 is 26.4 Å². The molecule has 3 amide bonds. The van der Waals surface area contributed by atoms with E-state index >= 15 is 0 Å². The molecule has 0 saturated heterocycles. The minimum Gasteiger partial charge on any atom is -0.489 e. The van der Waals surface area contributed by atoms with Gasteiger partial charge < -0.3 is 26.4 Å². The predicted octanol–water partition coefficient (Wildman–Crippen LogP) is 4.23. The summed E-state index contributed by atoms with van der Waals surface area (Å²) in [5.74, 6) is 0.413. The largest absolute Gasteiger partial charge is 0.489 e. The summed E-state index contributed by atoms with van der Waals surface area (Å²) >= 11 is 0. The van der Waals surface area contributed by atoms with Gasteiger partial charge in [0, 0.05) is 23.8 Å². The number of amides is 3. The third-order valence-corrected chi connectivity index (χ3v) is 5.15. The highest BCUT2D eigenvalue weighted by atomic mass is 16.5. The van der Waals surface area contributed by atoms with Gasteiger partial charge in [-0.3, -0.25) is 9.78 Å². The molecule has 0 aliphatic rings. The number of benzene rings is 2. The molecule has 3 rings (SSSR count). The van der Waals surface area contributed by atoms with Crippen molar-refractivity contribution in [2.24, 2.45) is 5.73 Å². The molecular formula is C26H31N5O3. The molecule has 0 bridgehead atoms. The number of rotatable bonds is 11. The summed E-state index contributed by atoms with van der Waals surface area (Å²) in [4.78, 5) is 29.4. The van der Waals surface area contributed by atoms with E-state index in [1.165, 1.54) is 0 Å². The highest BCUT2D eigenvalue weighted by molar-refractivity contribution is 5.99. The molecule has 0 spiro atoms. The maximum Gasteiger partial charge on any atom is 0.319 e. The molecule has 178 valence electrons. The van der Waals surface area contributed by atoms with Gasteiger partial charge in [-0.25, -0.2) is 4.79 Å². The first-order chi connectivity index (χ1) is 16.5. The van der Waals surface area contributed by atoms with Gasteiger partial charge in [0.25, 0.3) is 0 Å². The van der Waals surface area contributed by atoms with Crippen molar-refractivity contribution in [3.8, 4) is 5.75 Å². The van der Waals surface area contributed by atoms with Crippen LogP contribution in [0.1, 0.15) is 30.4 Å². The SMILES string of the molecule is Cc1ccc(NC(=O)[C@H](CCCCN)NC(=O)Nc2ccc(OCc3ccncc3)cc2)cc1. The molecule has 0 aliphatic heterocycles. The van der Waals surface area contributed by atoms with E-state index in [0.717, 1.165) is 24.0 Å². The molecule has 0 saturated carbocycles. The molecule has 1 heterocycles. The van der Waals surface area contributed by atoms with Gasteiger partial charge in [-0.05, 0) is 86.8 Å². The van der Waals surface area contributed by atoms with Crippen molar-refractivity contribution in [2.45, 2.75) is 38.8 Å². The van der Waals surface area contributed by atoms with E-state index in [1.54, 1.807) is 36.7 Å². The number of carbonyl (C=O) groups excluding carboxylic acids is 2. The van der Waals surface area contributed by atoms with E-state index in [2.05, 4.69) is 20.9 Å². The first kappa shape index (κ1) is 24.7. The number of unbranched alkanes of at least 4 members (excludes halogenated alkanes) is 1. The van der Waals surface area contributed by atoms with Crippen LogP contribution in [-0.4, -0.2) is 29.5 Å². The maximum atomic E-state index is 12.8. The van der Waals surface area contributed by atoms with Crippen LogP contribution in [0.15, 0.2) is 73.1 Å². The Morgan fingerprint density at radius 2 is 1.56 bits per heavy atom. The highest BCUT2D eigenvalue weighted by Crippen LogP contribution is 2.17. The van der Waals surface area contributed by atoms with E-state index in [9.17, 15) is 9.59 Å². The molecule has 1 aromatic heterocycles. The van der Waals surface area contributed by atoms with Gasteiger partial charge in [-0.1, -0.05) is 17.7 Å². The fourth-order valence-corrected chi connectivity index (χ4v) is 3.23. The van der Waals surface area contributed by atoms with Crippen LogP contribution >= 0.6 is 0 Å². The standard InChI is InChI=1S/C26H31N5O3/c1-19-5-7-21(8-6-19)29-25(32)24(4-2-3-15-27)31-26(33)30-22-9-11-23(12-10-22)34-18-20-13-16-28-17-14-20/h5-14,16-17,24H,2-4,15,18,27H2,1H3,(H,29,32)(H2,30,31,33)/t24-/m0/s1. The number of nitrogens with one attached hydrogen (secondary N) is 3. The number of aromatic nitrogens is 1. The summed E-state index contributed by atoms with van der Waals surface area (Å²) < 4.78 is 5.75. The average Bonchev–Trinajstić information content (AvgIpc) is 2.85. The van der Waals surface area contributed by atoms with Crippen molar-refractivity contribution in [3.05, 3.63) is 84.2 Å². The number of aryl methyl sites for hydroxylation is 1. The molecule has 0 radical (unpaired) electrons. The average molecular weight is 462 g/mol. The summed E-state index contributed by atoms with van der Waals surface area (Å²) in [6.07, 6.45) is 5.43. The monoisotopic (exact) mass is 461 g/mol. The second-order valence-corrected chi connectivity index (χ2v) is 7.96. The number of anilines is 2. The van der Waals surface area contributed by atoms with Crippen molar-refractivity contribution < 1.29 is 14.3 Å². The van der Waals surface area contributed by atoms with Crippen molar-refractivity contribution in [1.82, 2.24) is 10.3 Å². The normalized spacial score (nSPS) is 11.4. The number of hydrogen-bond acceptors (Lipinski definition) is 5. The fraction of sp³-hybridized carbons (Fsp3) is 0.269. The van der Waals surface area contributed by atoms with Crippen molar-refractivity contribution >= 4 is 23.3 Å². The molecule has 34 heavy (non-hydrogen) atoms. The smallest absolute Gasteiger partial charge is 0.319 e. The second-order valence-electron chi connectivity index (χ2n) is 7.96. The first-order valence-corrected chi connectivity index (χ1v) is 11.3. The lowest BCUT2D eigenvalue weighted by Gasteiger charge is -2.19. The van der Waals surface area contributed by atoms with Crippen molar-refractivity contribution in [1.29, 1.82) is 0 Å². The maximum absolute atomic E-state index is 12.8. The lowest BCUT2D eigenvalue weighted by molar-refractivity contribution is -0.118. The quantitative estimate of drug-likeness (QED) is 0.319. The fourth-order valence-electron chi connectivity index (χ4n) is 3.23. The Morgan fingerprint density at radius 3 is 2.24 bits per heavy atom. The van der Waals surface area contributed by atoms with Crippen LogP contribution in [0.2, 0.25) is 0 Å². The lowest BCUT2D eigenvalue weighted by Crippen LogP contribution is -2.45. The van der Waals surface area contributed by atoms with Crippen LogP contribution in [0.25, 0.3) is 0 Å². The summed E-state index contributed by atoms with van der Waals surface area (Å²) in [6.45, 7) is 2.94. The summed E-state index contributed by atoms with van der Waals surface area (Å²) in [5.41, 5.74) is 8.98. The zero-order valence-corrected chi connectivity index (χ0v) is 19.3. The van der Waals surface area contributed by atoms with Gasteiger partial charge in [0.15, 0.2) is 0 Å². The first-order valence-electron chi connectivity index (χ1n) is 11.3. The van der Waals surface area contributed by atoms with Crippen LogP contribution in [0.4, 0.5) is 16.2 Å². The van der Waals surface area contributed by atoms with Crippen molar-refractivity contribution in [3.63, 3.8) is 0 Å². The molecule has 8 nitrogen and oxygen atoms in total. The number of hydrogen-bond donors (Lipinski definition) is 4. The number of urea groups is 1. The van der Waals surface area contributed by atoms with Gasteiger partial charge in [0.2, 0.25) is 5.91 Å². The van der Waals surface area contributed by atoms with Crippen molar-refractivity contribution in [2.75, 3.05) is 17.2 Å². The molecule has 1 atom stereocenters. The number of ether oxygens (including phenoxy) is 1. The minimum absolute atomic E-state index is 0.268. The summed E-state index contributed by atoms with van der Waals surface area (Å²) in [6, 6.07) is 17.2. The van der Waals surface area contributed by atoms with E-state index in [4.69, 9.17) is 10.5 Å². The molecule has 8 heteroatoms. The Morgan fingerprint density at radius 1 is 0.912 bits per heavy atom. The van der Waals surface area contributed by atoms with Crippen LogP contribution in [0.3, 0.4) is 0 Å². The Labute approximate surface area is 199 Å². The molecule has 5 N–H and O–H groups in total.